The van der Waals surface area contributed by atoms with Gasteiger partial charge in [-0.05, 0) is 14.0 Å². The van der Waals surface area contributed by atoms with Gasteiger partial charge in [-0.15, -0.1) is 12.4 Å². The molecule has 0 aromatic carbocycles. The highest BCUT2D eigenvalue weighted by molar-refractivity contribution is 5.91. The highest BCUT2D eigenvalue weighted by atomic mass is 35.5. The number of aryl methyl sites for hydroxylation is 1. The number of aromatic nitrogens is 2. The second kappa shape index (κ2) is 6.42. The van der Waals surface area contributed by atoms with Crippen LogP contribution in [0.5, 0.6) is 0 Å². The highest BCUT2D eigenvalue weighted by Crippen LogP contribution is 2.11. The van der Waals surface area contributed by atoms with Gasteiger partial charge in [0.25, 0.3) is 0 Å². The molecule has 0 aliphatic heterocycles. The zero-order chi connectivity index (χ0) is 10.6. The van der Waals surface area contributed by atoms with Gasteiger partial charge >= 0.3 is 0 Å². The molecule has 6 heteroatoms. The third-order valence-corrected chi connectivity index (χ3v) is 2.11. The fraction of sp³-hybridized carbons (Fsp3) is 0.556. The van der Waals surface area contributed by atoms with E-state index < -0.39 is 0 Å². The van der Waals surface area contributed by atoms with Gasteiger partial charge in [0.1, 0.15) is 0 Å². The zero-order valence-electron chi connectivity index (χ0n) is 9.20. The smallest absolute Gasteiger partial charge is 0.225 e. The first kappa shape index (κ1) is 13.9. The minimum Gasteiger partial charge on any atom is -0.323 e. The number of hydrogen-bond acceptors (Lipinski definition) is 3. The topological polar surface area (TPSA) is 59.0 Å². The average Bonchev–Trinajstić information content (AvgIpc) is 2.46. The first-order valence-corrected chi connectivity index (χ1v) is 4.58. The van der Waals surface area contributed by atoms with Crippen molar-refractivity contribution in [2.45, 2.75) is 13.3 Å². The number of carbonyl (C=O) groups is 1. The minimum atomic E-state index is 0. The Kier molecular flexibility index (Phi) is 5.96. The molecule has 1 aromatic heterocycles. The summed E-state index contributed by atoms with van der Waals surface area (Å²) in [6, 6.07) is 0. The van der Waals surface area contributed by atoms with Crippen molar-refractivity contribution in [2.24, 2.45) is 7.05 Å². The summed E-state index contributed by atoms with van der Waals surface area (Å²) in [6.07, 6.45) is 2.14. The van der Waals surface area contributed by atoms with Gasteiger partial charge < -0.3 is 10.6 Å². The summed E-state index contributed by atoms with van der Waals surface area (Å²) in [5.74, 6) is 0.00968. The van der Waals surface area contributed by atoms with E-state index in [1.807, 2.05) is 21.0 Å². The number of nitrogens with one attached hydrogen (secondary N) is 2. The summed E-state index contributed by atoms with van der Waals surface area (Å²) in [6.45, 7) is 2.60. The molecule has 0 radical (unpaired) electrons. The van der Waals surface area contributed by atoms with Crippen LogP contribution < -0.4 is 10.6 Å². The van der Waals surface area contributed by atoms with E-state index in [-0.39, 0.29) is 18.3 Å². The van der Waals surface area contributed by atoms with Crippen LogP contribution in [0.15, 0.2) is 6.20 Å². The number of anilines is 1. The molecular weight excluding hydrogens is 216 g/mol. The van der Waals surface area contributed by atoms with Crippen molar-refractivity contribution in [3.8, 4) is 0 Å². The number of rotatable bonds is 4. The quantitative estimate of drug-likeness (QED) is 0.804. The molecule has 0 saturated heterocycles. The molecule has 86 valence electrons. The number of carbonyl (C=O) groups excluding carboxylic acids is 1. The maximum Gasteiger partial charge on any atom is 0.225 e. The van der Waals surface area contributed by atoms with Crippen LogP contribution >= 0.6 is 12.4 Å². The van der Waals surface area contributed by atoms with E-state index in [1.165, 1.54) is 0 Å². The first-order chi connectivity index (χ1) is 6.65. The van der Waals surface area contributed by atoms with Gasteiger partial charge in [-0.3, -0.25) is 9.48 Å². The molecular formula is C9H17ClN4O. The molecule has 1 amide bonds. The maximum absolute atomic E-state index is 11.3. The Bertz CT molecular complexity index is 324. The fourth-order valence-electron chi connectivity index (χ4n) is 1.07. The van der Waals surface area contributed by atoms with Crippen LogP contribution in [0.2, 0.25) is 0 Å². The van der Waals surface area contributed by atoms with E-state index in [9.17, 15) is 4.79 Å². The molecule has 0 aliphatic rings. The summed E-state index contributed by atoms with van der Waals surface area (Å²) in [5, 5.41) is 9.76. The Morgan fingerprint density at radius 2 is 2.27 bits per heavy atom. The Balaban J connectivity index is 0.00000196. The molecule has 0 fully saturated rings. The first-order valence-electron chi connectivity index (χ1n) is 4.58. The minimum absolute atomic E-state index is 0. The second-order valence-corrected chi connectivity index (χ2v) is 3.17. The van der Waals surface area contributed by atoms with Gasteiger partial charge in [0, 0.05) is 20.0 Å². The molecule has 2 N–H and O–H groups in total. The van der Waals surface area contributed by atoms with E-state index in [0.717, 1.165) is 11.4 Å². The molecule has 15 heavy (non-hydrogen) atoms. The van der Waals surface area contributed by atoms with E-state index in [2.05, 4.69) is 15.7 Å². The SMILES string of the molecule is CNCCC(=O)Nc1cnn(C)c1C.Cl. The van der Waals surface area contributed by atoms with Gasteiger partial charge in [0.15, 0.2) is 0 Å². The predicted molar refractivity (Wildman–Crippen MR) is 62.4 cm³/mol. The Hall–Kier alpha value is -1.07. The second-order valence-electron chi connectivity index (χ2n) is 3.17. The summed E-state index contributed by atoms with van der Waals surface area (Å²) in [5.41, 5.74) is 1.75. The average molecular weight is 233 g/mol. The molecule has 0 bridgehead atoms. The fourth-order valence-corrected chi connectivity index (χ4v) is 1.07. The molecule has 1 heterocycles. The van der Waals surface area contributed by atoms with Crippen LogP contribution in [0, 0.1) is 6.92 Å². The zero-order valence-corrected chi connectivity index (χ0v) is 10.0. The van der Waals surface area contributed by atoms with E-state index >= 15 is 0 Å². The molecule has 5 nitrogen and oxygen atoms in total. The summed E-state index contributed by atoms with van der Waals surface area (Å²) in [4.78, 5) is 11.3. The Morgan fingerprint density at radius 1 is 1.60 bits per heavy atom. The molecule has 0 spiro atoms. The number of nitrogens with zero attached hydrogens (tertiary/aromatic N) is 2. The molecule has 0 aliphatic carbocycles. The van der Waals surface area contributed by atoms with Crippen molar-refractivity contribution < 1.29 is 4.79 Å². The van der Waals surface area contributed by atoms with E-state index in [1.54, 1.807) is 10.9 Å². The van der Waals surface area contributed by atoms with Crippen LogP contribution in [0.25, 0.3) is 0 Å². The third-order valence-electron chi connectivity index (χ3n) is 2.11. The Labute approximate surface area is 95.6 Å². The lowest BCUT2D eigenvalue weighted by molar-refractivity contribution is -0.116. The number of amides is 1. The summed E-state index contributed by atoms with van der Waals surface area (Å²) in [7, 11) is 3.67. The summed E-state index contributed by atoms with van der Waals surface area (Å²) >= 11 is 0. The van der Waals surface area contributed by atoms with E-state index in [0.29, 0.717) is 13.0 Å². The van der Waals surface area contributed by atoms with Crippen molar-refractivity contribution in [3.63, 3.8) is 0 Å². The number of halogens is 1. The third kappa shape index (κ3) is 3.89. The van der Waals surface area contributed by atoms with Crippen molar-refractivity contribution in [3.05, 3.63) is 11.9 Å². The van der Waals surface area contributed by atoms with Crippen molar-refractivity contribution in [1.29, 1.82) is 0 Å². The van der Waals surface area contributed by atoms with Crippen molar-refractivity contribution in [2.75, 3.05) is 18.9 Å². The van der Waals surface area contributed by atoms with Crippen LogP contribution in [0.1, 0.15) is 12.1 Å². The highest BCUT2D eigenvalue weighted by Gasteiger charge is 2.06. The molecule has 1 aromatic rings. The van der Waals surface area contributed by atoms with Gasteiger partial charge in [-0.1, -0.05) is 0 Å². The molecule has 0 atom stereocenters. The van der Waals surface area contributed by atoms with Crippen LogP contribution in [-0.4, -0.2) is 29.3 Å². The monoisotopic (exact) mass is 232 g/mol. The summed E-state index contributed by atoms with van der Waals surface area (Å²) < 4.78 is 1.73. The van der Waals surface area contributed by atoms with Gasteiger partial charge in [-0.2, -0.15) is 5.10 Å². The lowest BCUT2D eigenvalue weighted by Gasteiger charge is -2.03. The lowest BCUT2D eigenvalue weighted by atomic mass is 10.3. The van der Waals surface area contributed by atoms with Crippen molar-refractivity contribution in [1.82, 2.24) is 15.1 Å². The molecule has 0 unspecified atom stereocenters. The van der Waals surface area contributed by atoms with Crippen LogP contribution in [0.3, 0.4) is 0 Å². The Morgan fingerprint density at radius 3 is 2.73 bits per heavy atom. The van der Waals surface area contributed by atoms with Crippen LogP contribution in [-0.2, 0) is 11.8 Å². The molecule has 1 rings (SSSR count). The largest absolute Gasteiger partial charge is 0.323 e. The van der Waals surface area contributed by atoms with Gasteiger partial charge in [-0.25, -0.2) is 0 Å². The van der Waals surface area contributed by atoms with Crippen LogP contribution in [0.4, 0.5) is 5.69 Å². The number of hydrogen-bond donors (Lipinski definition) is 2. The normalized spacial score (nSPS) is 9.53. The van der Waals surface area contributed by atoms with E-state index in [4.69, 9.17) is 0 Å². The van der Waals surface area contributed by atoms with Crippen molar-refractivity contribution >= 4 is 24.0 Å². The lowest BCUT2D eigenvalue weighted by Crippen LogP contribution is -2.18. The predicted octanol–water partition coefficient (Wildman–Crippen LogP) is 0.698. The van der Waals surface area contributed by atoms with Gasteiger partial charge in [0.05, 0.1) is 17.6 Å². The standard InChI is InChI=1S/C9H16N4O.ClH/c1-7-8(6-11-13(7)3)12-9(14)4-5-10-2;/h6,10H,4-5H2,1-3H3,(H,12,14);1H. The van der Waals surface area contributed by atoms with Gasteiger partial charge in [0.2, 0.25) is 5.91 Å². The maximum atomic E-state index is 11.3. The molecule has 0 saturated carbocycles.